The van der Waals surface area contributed by atoms with Gasteiger partial charge in [-0.3, -0.25) is 0 Å². The molecule has 0 aliphatic rings. The lowest BCUT2D eigenvalue weighted by molar-refractivity contribution is 0.0481. The van der Waals surface area contributed by atoms with Crippen molar-refractivity contribution in [2.24, 2.45) is 0 Å². The number of aryl methyl sites for hydroxylation is 1. The van der Waals surface area contributed by atoms with Gasteiger partial charge in [-0.15, -0.1) is 0 Å². The zero-order chi connectivity index (χ0) is 18.0. The van der Waals surface area contributed by atoms with Crippen molar-refractivity contribution in [3.63, 3.8) is 0 Å². The second-order valence-electron chi connectivity index (χ2n) is 5.48. The van der Waals surface area contributed by atoms with Crippen LogP contribution < -0.4 is 0 Å². The summed E-state index contributed by atoms with van der Waals surface area (Å²) >= 11 is 0. The fraction of sp³-hybridized carbons (Fsp3) is 0.316. The number of benzene rings is 1. The lowest BCUT2D eigenvalue weighted by Crippen LogP contribution is -2.14. The summed E-state index contributed by atoms with van der Waals surface area (Å²) in [7, 11) is 0. The molecule has 0 aliphatic carbocycles. The Morgan fingerprint density at radius 2 is 1.64 bits per heavy atom. The number of esters is 2. The average molecular weight is 340 g/mol. The third-order valence-electron chi connectivity index (χ3n) is 4.07. The van der Waals surface area contributed by atoms with Crippen molar-refractivity contribution in [3.05, 3.63) is 47.3 Å². The Balaban J connectivity index is 2.46. The van der Waals surface area contributed by atoms with Gasteiger partial charge < -0.3 is 9.47 Å². The predicted molar refractivity (Wildman–Crippen MR) is 94.0 cm³/mol. The van der Waals surface area contributed by atoms with Gasteiger partial charge in [-0.25, -0.2) is 14.1 Å². The fourth-order valence-corrected chi connectivity index (χ4v) is 3.08. The van der Waals surface area contributed by atoms with Crippen molar-refractivity contribution in [2.75, 3.05) is 13.2 Å². The van der Waals surface area contributed by atoms with Crippen LogP contribution in [0.2, 0.25) is 0 Å². The topological polar surface area (TPSA) is 69.9 Å². The van der Waals surface area contributed by atoms with Crippen LogP contribution in [0.4, 0.5) is 0 Å². The van der Waals surface area contributed by atoms with Crippen LogP contribution in [0, 0.1) is 0 Å². The highest BCUT2D eigenvalue weighted by Gasteiger charge is 2.30. The lowest BCUT2D eigenvalue weighted by atomic mass is 10.1. The summed E-state index contributed by atoms with van der Waals surface area (Å²) in [4.78, 5) is 25.3. The zero-order valence-corrected chi connectivity index (χ0v) is 14.5. The van der Waals surface area contributed by atoms with Crippen molar-refractivity contribution in [1.29, 1.82) is 0 Å². The van der Waals surface area contributed by atoms with Crippen molar-refractivity contribution < 1.29 is 19.1 Å². The van der Waals surface area contributed by atoms with Crippen molar-refractivity contribution in [2.45, 2.75) is 27.2 Å². The van der Waals surface area contributed by atoms with Gasteiger partial charge in [-0.05, 0) is 20.3 Å². The summed E-state index contributed by atoms with van der Waals surface area (Å²) in [5.41, 5.74) is 1.69. The van der Waals surface area contributed by atoms with E-state index >= 15 is 0 Å². The second-order valence-corrected chi connectivity index (χ2v) is 5.48. The van der Waals surface area contributed by atoms with Crippen LogP contribution in [0.3, 0.4) is 0 Å². The molecule has 6 nitrogen and oxygen atoms in total. The molecule has 0 N–H and O–H groups in total. The first-order chi connectivity index (χ1) is 12.1. The molecule has 0 spiro atoms. The van der Waals surface area contributed by atoms with Crippen LogP contribution >= 0.6 is 0 Å². The molecule has 0 atom stereocenters. The van der Waals surface area contributed by atoms with E-state index < -0.39 is 11.9 Å². The van der Waals surface area contributed by atoms with E-state index in [9.17, 15) is 9.59 Å². The molecule has 0 radical (unpaired) electrons. The monoisotopic (exact) mass is 340 g/mol. The number of hydrogen-bond donors (Lipinski definition) is 0. The smallest absolute Gasteiger partial charge is 0.341 e. The number of aromatic nitrogens is 2. The highest BCUT2D eigenvalue weighted by Crippen LogP contribution is 2.30. The SMILES string of the molecule is CCOC(=O)c1c(C(=O)OCC)c2c3ccccc3cnn2c1CC. The number of carbonyl (C=O) groups excluding carboxylic acids is 2. The van der Waals surface area contributed by atoms with Gasteiger partial charge in [-0.2, -0.15) is 5.10 Å². The largest absolute Gasteiger partial charge is 0.462 e. The number of fused-ring (bicyclic) bond motifs is 3. The first-order valence-electron chi connectivity index (χ1n) is 8.39. The number of carbonyl (C=O) groups is 2. The van der Waals surface area contributed by atoms with E-state index in [4.69, 9.17) is 9.47 Å². The quantitative estimate of drug-likeness (QED) is 0.666. The summed E-state index contributed by atoms with van der Waals surface area (Å²) in [6, 6.07) is 7.61. The van der Waals surface area contributed by atoms with Crippen LogP contribution in [0.25, 0.3) is 16.3 Å². The van der Waals surface area contributed by atoms with Gasteiger partial charge >= 0.3 is 11.9 Å². The maximum Gasteiger partial charge on any atom is 0.341 e. The van der Waals surface area contributed by atoms with E-state index in [2.05, 4.69) is 5.10 Å². The Hall–Kier alpha value is -2.89. The Morgan fingerprint density at radius 3 is 2.28 bits per heavy atom. The number of nitrogens with zero attached hydrogens (tertiary/aromatic N) is 2. The minimum Gasteiger partial charge on any atom is -0.462 e. The molecule has 0 saturated heterocycles. The molecule has 6 heteroatoms. The molecule has 130 valence electrons. The molecule has 0 aliphatic heterocycles. The van der Waals surface area contributed by atoms with Gasteiger partial charge in [-0.1, -0.05) is 31.2 Å². The molecule has 0 unspecified atom stereocenters. The maximum atomic E-state index is 12.7. The number of rotatable bonds is 5. The van der Waals surface area contributed by atoms with Crippen LogP contribution in [0.15, 0.2) is 30.5 Å². The molecule has 3 aromatic rings. The summed E-state index contributed by atoms with van der Waals surface area (Å²) < 4.78 is 12.1. The van der Waals surface area contributed by atoms with Gasteiger partial charge in [0, 0.05) is 10.8 Å². The fourth-order valence-electron chi connectivity index (χ4n) is 3.08. The second kappa shape index (κ2) is 6.93. The van der Waals surface area contributed by atoms with E-state index in [1.165, 1.54) is 0 Å². The van der Waals surface area contributed by atoms with Crippen LogP contribution in [0.5, 0.6) is 0 Å². The minimum atomic E-state index is -0.541. The average Bonchev–Trinajstić information content (AvgIpc) is 2.97. The van der Waals surface area contributed by atoms with E-state index in [0.717, 1.165) is 10.8 Å². The van der Waals surface area contributed by atoms with Crippen LogP contribution in [-0.2, 0) is 15.9 Å². The molecule has 2 aromatic heterocycles. The Kier molecular flexibility index (Phi) is 4.70. The molecule has 1 aromatic carbocycles. The Labute approximate surface area is 145 Å². The van der Waals surface area contributed by atoms with Gasteiger partial charge in [0.2, 0.25) is 0 Å². The van der Waals surface area contributed by atoms with Gasteiger partial charge in [0.25, 0.3) is 0 Å². The van der Waals surface area contributed by atoms with E-state index in [1.807, 2.05) is 31.2 Å². The predicted octanol–water partition coefficient (Wildman–Crippen LogP) is 3.40. The Morgan fingerprint density at radius 1 is 1.00 bits per heavy atom. The summed E-state index contributed by atoms with van der Waals surface area (Å²) in [6.45, 7) is 5.83. The third kappa shape index (κ3) is 2.73. The van der Waals surface area contributed by atoms with E-state index in [-0.39, 0.29) is 24.3 Å². The van der Waals surface area contributed by atoms with Gasteiger partial charge in [0.15, 0.2) is 0 Å². The first kappa shape index (κ1) is 17.0. The third-order valence-corrected chi connectivity index (χ3v) is 4.07. The van der Waals surface area contributed by atoms with Crippen LogP contribution in [-0.4, -0.2) is 34.8 Å². The van der Waals surface area contributed by atoms with Gasteiger partial charge in [0.05, 0.1) is 36.2 Å². The lowest BCUT2D eigenvalue weighted by Gasteiger charge is -2.06. The van der Waals surface area contributed by atoms with E-state index in [0.29, 0.717) is 17.6 Å². The highest BCUT2D eigenvalue weighted by molar-refractivity contribution is 6.15. The summed E-state index contributed by atoms with van der Waals surface area (Å²) in [6.07, 6.45) is 2.26. The molecule has 0 saturated carbocycles. The molecule has 0 amide bonds. The standard InChI is InChI=1S/C19H20N2O4/c1-4-14-15(18(22)24-5-2)16(19(23)25-6-3)17-13-10-8-7-9-12(13)11-20-21(14)17/h7-11H,4-6H2,1-3H3. The molecular formula is C19H20N2O4. The molecular weight excluding hydrogens is 320 g/mol. The van der Waals surface area contributed by atoms with Crippen molar-refractivity contribution in [3.8, 4) is 0 Å². The first-order valence-corrected chi connectivity index (χ1v) is 8.39. The maximum absolute atomic E-state index is 12.7. The zero-order valence-electron chi connectivity index (χ0n) is 14.5. The highest BCUT2D eigenvalue weighted by atomic mass is 16.5. The molecule has 0 fully saturated rings. The van der Waals surface area contributed by atoms with Gasteiger partial charge in [0.1, 0.15) is 5.56 Å². The van der Waals surface area contributed by atoms with Crippen molar-refractivity contribution in [1.82, 2.24) is 9.61 Å². The minimum absolute atomic E-state index is 0.220. The molecule has 3 rings (SSSR count). The normalized spacial score (nSPS) is 11.0. The number of ether oxygens (including phenoxy) is 2. The molecule has 25 heavy (non-hydrogen) atoms. The van der Waals surface area contributed by atoms with E-state index in [1.54, 1.807) is 24.6 Å². The molecule has 2 heterocycles. The number of hydrogen-bond acceptors (Lipinski definition) is 5. The summed E-state index contributed by atoms with van der Waals surface area (Å²) in [5.74, 6) is -1.07. The van der Waals surface area contributed by atoms with Crippen LogP contribution in [0.1, 0.15) is 47.2 Å². The van der Waals surface area contributed by atoms with Crippen molar-refractivity contribution >= 4 is 28.2 Å². The Bertz CT molecular complexity index is 959. The summed E-state index contributed by atoms with van der Waals surface area (Å²) in [5, 5.41) is 6.17. The molecule has 0 bridgehead atoms.